The molecule has 0 unspecified atom stereocenters. The summed E-state index contributed by atoms with van der Waals surface area (Å²) in [5.74, 6) is 1.55. The summed E-state index contributed by atoms with van der Waals surface area (Å²) in [5.41, 5.74) is 0. The van der Waals surface area contributed by atoms with Crippen molar-refractivity contribution < 1.29 is 0 Å². The van der Waals surface area contributed by atoms with Gasteiger partial charge in [0.1, 0.15) is 0 Å². The Morgan fingerprint density at radius 3 is 0.933 bits per heavy atom. The van der Waals surface area contributed by atoms with Gasteiger partial charge in [0.2, 0.25) is 0 Å². The molecule has 96 valence electrons. The van der Waals surface area contributed by atoms with E-state index in [1.54, 1.807) is 5.90 Å². The van der Waals surface area contributed by atoms with Gasteiger partial charge in [-0.2, -0.15) is 0 Å². The molecule has 0 atom stereocenters. The average Bonchev–Trinajstić information content (AvgIpc) is 1.77. The molecule has 0 amide bonds. The Morgan fingerprint density at radius 1 is 0.600 bits per heavy atom. The van der Waals surface area contributed by atoms with E-state index in [2.05, 4.69) is 68.2 Å². The van der Waals surface area contributed by atoms with E-state index in [9.17, 15) is 0 Å². The van der Waals surface area contributed by atoms with Gasteiger partial charge < -0.3 is 0 Å². The molecule has 2 heteroatoms. The molecule has 0 spiro atoms. The molecular formula is C13H34P2. The number of hydrogen-bond acceptors (Lipinski definition) is 0. The Balaban J connectivity index is 4.89. The van der Waals surface area contributed by atoms with Crippen LogP contribution in [0.3, 0.4) is 0 Å². The van der Waals surface area contributed by atoms with Gasteiger partial charge in [-0.15, -0.1) is 0 Å². The van der Waals surface area contributed by atoms with Crippen molar-refractivity contribution >= 4 is 14.5 Å². The predicted molar refractivity (Wildman–Crippen MR) is 84.7 cm³/mol. The summed E-state index contributed by atoms with van der Waals surface area (Å²) in [5, 5.41) is 1.09. The SMILES string of the molecule is CC(C)(C)[PH](C)(C)C[PH](C)(C)C(C)(C)C. The molecule has 0 saturated carbocycles. The summed E-state index contributed by atoms with van der Waals surface area (Å²) in [6.07, 6.45) is 0. The van der Waals surface area contributed by atoms with E-state index in [0.29, 0.717) is 10.3 Å². The molecular weight excluding hydrogens is 218 g/mol. The number of rotatable bonds is 2. The van der Waals surface area contributed by atoms with Gasteiger partial charge in [-0.1, -0.05) is 0 Å². The van der Waals surface area contributed by atoms with Crippen LogP contribution in [0.5, 0.6) is 0 Å². The van der Waals surface area contributed by atoms with Gasteiger partial charge in [-0.25, -0.2) is 0 Å². The quantitative estimate of drug-likeness (QED) is 0.632. The van der Waals surface area contributed by atoms with Crippen LogP contribution in [0.1, 0.15) is 41.5 Å². The summed E-state index contributed by atoms with van der Waals surface area (Å²) >= 11 is 0. The molecule has 0 bridgehead atoms. The molecule has 0 aromatic carbocycles. The van der Waals surface area contributed by atoms with Crippen LogP contribution in [-0.2, 0) is 0 Å². The minimum absolute atomic E-state index is 0.544. The fraction of sp³-hybridized carbons (Fsp3) is 1.00. The molecule has 0 nitrogen and oxygen atoms in total. The van der Waals surface area contributed by atoms with E-state index >= 15 is 0 Å². The van der Waals surface area contributed by atoms with Crippen molar-refractivity contribution in [1.82, 2.24) is 0 Å². The molecule has 15 heavy (non-hydrogen) atoms. The van der Waals surface area contributed by atoms with Crippen LogP contribution in [0.15, 0.2) is 0 Å². The molecule has 0 heterocycles. The first kappa shape index (κ1) is 15.9. The molecule has 0 aliphatic rings. The first-order chi connectivity index (χ1) is 6.21. The van der Waals surface area contributed by atoms with Crippen molar-refractivity contribution in [3.8, 4) is 0 Å². The van der Waals surface area contributed by atoms with Gasteiger partial charge in [0.05, 0.1) is 0 Å². The normalized spacial score (nSPS) is 17.7. The Bertz CT molecular complexity index is 190. The third-order valence-electron chi connectivity index (χ3n) is 4.94. The third-order valence-corrected chi connectivity index (χ3v) is 20.1. The maximum absolute atomic E-state index is 2.58. The van der Waals surface area contributed by atoms with Crippen molar-refractivity contribution in [3.63, 3.8) is 0 Å². The van der Waals surface area contributed by atoms with Crippen LogP contribution >= 0.6 is 14.5 Å². The molecule has 0 rings (SSSR count). The molecule has 0 aromatic rings. The van der Waals surface area contributed by atoms with Crippen LogP contribution in [0.2, 0.25) is 0 Å². The Hall–Kier alpha value is 0.860. The van der Waals surface area contributed by atoms with E-state index in [1.165, 1.54) is 0 Å². The maximum atomic E-state index is 2.58. The van der Waals surface area contributed by atoms with Crippen LogP contribution in [0, 0.1) is 0 Å². The molecule has 0 N–H and O–H groups in total. The first-order valence-electron chi connectivity index (χ1n) is 6.21. The zero-order valence-electron chi connectivity index (χ0n) is 12.7. The average molecular weight is 252 g/mol. The summed E-state index contributed by atoms with van der Waals surface area (Å²) < 4.78 is 0. The second-order valence-electron chi connectivity index (χ2n) is 8.44. The predicted octanol–water partition coefficient (Wildman–Crippen LogP) is 4.56. The van der Waals surface area contributed by atoms with Gasteiger partial charge >= 0.3 is 98.9 Å². The zero-order valence-corrected chi connectivity index (χ0v) is 14.7. The van der Waals surface area contributed by atoms with E-state index in [1.807, 2.05) is 0 Å². The third kappa shape index (κ3) is 3.98. The minimum atomic E-state index is -1.09. The van der Waals surface area contributed by atoms with E-state index in [0.717, 1.165) is 0 Å². The Morgan fingerprint density at radius 2 is 0.800 bits per heavy atom. The van der Waals surface area contributed by atoms with Crippen molar-refractivity contribution in [1.29, 1.82) is 0 Å². The van der Waals surface area contributed by atoms with E-state index < -0.39 is 14.5 Å². The van der Waals surface area contributed by atoms with Crippen LogP contribution in [0.4, 0.5) is 0 Å². The Kier molecular flexibility index (Phi) is 4.51. The second-order valence-corrected chi connectivity index (χ2v) is 20.4. The van der Waals surface area contributed by atoms with Gasteiger partial charge in [0, 0.05) is 0 Å². The number of hydrogen-bond donors (Lipinski definition) is 0. The van der Waals surface area contributed by atoms with Gasteiger partial charge in [-0.3, -0.25) is 0 Å². The molecule has 0 saturated heterocycles. The van der Waals surface area contributed by atoms with Gasteiger partial charge in [-0.05, 0) is 0 Å². The van der Waals surface area contributed by atoms with Crippen LogP contribution in [0.25, 0.3) is 0 Å². The molecule has 0 radical (unpaired) electrons. The molecule has 0 fully saturated rings. The molecule has 0 aliphatic carbocycles. The first-order valence-corrected chi connectivity index (χ1v) is 12.6. The standard InChI is InChI=1S/C13H34P2/c1-12(2,3)14(7,8)11-15(9,10)13(4,5)6/h14-15H,11H2,1-10H3. The molecule has 0 aromatic heterocycles. The monoisotopic (exact) mass is 252 g/mol. The van der Waals surface area contributed by atoms with Crippen molar-refractivity contribution in [2.75, 3.05) is 32.6 Å². The molecule has 0 aliphatic heterocycles. The van der Waals surface area contributed by atoms with E-state index in [4.69, 9.17) is 0 Å². The fourth-order valence-corrected chi connectivity index (χ4v) is 14.7. The zero-order chi connectivity index (χ0) is 12.7. The summed E-state index contributed by atoms with van der Waals surface area (Å²) in [6, 6.07) is 0. The van der Waals surface area contributed by atoms with Crippen LogP contribution in [-0.4, -0.2) is 42.9 Å². The van der Waals surface area contributed by atoms with Crippen molar-refractivity contribution in [2.24, 2.45) is 0 Å². The summed E-state index contributed by atoms with van der Waals surface area (Å²) in [4.78, 5) is 0. The van der Waals surface area contributed by atoms with Crippen molar-refractivity contribution in [3.05, 3.63) is 0 Å². The summed E-state index contributed by atoms with van der Waals surface area (Å²) in [7, 11) is -2.18. The second kappa shape index (κ2) is 4.27. The van der Waals surface area contributed by atoms with Crippen molar-refractivity contribution in [2.45, 2.75) is 51.9 Å². The Labute approximate surface area is 99.3 Å². The fourth-order valence-electron chi connectivity index (χ4n) is 1.64. The van der Waals surface area contributed by atoms with Gasteiger partial charge in [0.25, 0.3) is 0 Å². The summed E-state index contributed by atoms with van der Waals surface area (Å²) in [6.45, 7) is 24.9. The van der Waals surface area contributed by atoms with Gasteiger partial charge in [0.15, 0.2) is 0 Å². The van der Waals surface area contributed by atoms with E-state index in [-0.39, 0.29) is 0 Å². The van der Waals surface area contributed by atoms with Crippen LogP contribution < -0.4 is 0 Å². The topological polar surface area (TPSA) is 0 Å².